The highest BCUT2D eigenvalue weighted by Gasteiger charge is 2.11. The fraction of sp³-hybridized carbons (Fsp3) is 0.231. The van der Waals surface area contributed by atoms with Gasteiger partial charge in [-0.05, 0) is 19.1 Å². The van der Waals surface area contributed by atoms with E-state index in [-0.39, 0.29) is 24.9 Å². The van der Waals surface area contributed by atoms with Gasteiger partial charge in [-0.3, -0.25) is 9.59 Å². The van der Waals surface area contributed by atoms with Gasteiger partial charge in [0, 0.05) is 0 Å². The number of benzene rings is 1. The maximum Gasteiger partial charge on any atom is 0.317 e. The minimum atomic E-state index is -1.03. The molecule has 0 fully saturated rings. The molecule has 0 aliphatic rings. The summed E-state index contributed by atoms with van der Waals surface area (Å²) < 4.78 is 31.1. The summed E-state index contributed by atoms with van der Waals surface area (Å²) in [7, 11) is 0. The van der Waals surface area contributed by atoms with E-state index in [2.05, 4.69) is 16.6 Å². The van der Waals surface area contributed by atoms with Crippen molar-refractivity contribution in [1.29, 1.82) is 0 Å². The van der Waals surface area contributed by atoms with E-state index in [1.807, 2.05) is 0 Å². The average molecular weight is 252 g/mol. The van der Waals surface area contributed by atoms with E-state index in [0.29, 0.717) is 0 Å². The van der Waals surface area contributed by atoms with Crippen molar-refractivity contribution in [2.24, 2.45) is 0 Å². The maximum absolute atomic E-state index is 13.5. The normalized spacial score (nSPS) is 9.28. The Labute approximate surface area is 103 Å². The van der Waals surface area contributed by atoms with Gasteiger partial charge < -0.3 is 4.74 Å². The molecule has 5 heteroatoms. The largest absolute Gasteiger partial charge is 0.465 e. The zero-order valence-corrected chi connectivity index (χ0v) is 9.63. The Morgan fingerprint density at radius 1 is 1.44 bits per heavy atom. The zero-order valence-electron chi connectivity index (χ0n) is 9.63. The molecule has 0 aliphatic carbocycles. The van der Waals surface area contributed by atoms with Crippen LogP contribution in [0.5, 0.6) is 0 Å². The molecule has 1 rings (SSSR count). The van der Waals surface area contributed by atoms with Crippen molar-refractivity contribution in [3.05, 3.63) is 34.9 Å². The second-order valence-corrected chi connectivity index (χ2v) is 3.22. The summed E-state index contributed by atoms with van der Waals surface area (Å²) >= 11 is 0. The summed E-state index contributed by atoms with van der Waals surface area (Å²) in [4.78, 5) is 21.4. The number of halogens is 2. The molecule has 0 aliphatic heterocycles. The number of hydrogen-bond donors (Lipinski definition) is 0. The first-order valence-corrected chi connectivity index (χ1v) is 5.17. The van der Waals surface area contributed by atoms with Crippen LogP contribution >= 0.6 is 0 Å². The van der Waals surface area contributed by atoms with Crippen molar-refractivity contribution >= 4 is 12.3 Å². The molecule has 0 aromatic heterocycles. The maximum atomic E-state index is 13.5. The van der Waals surface area contributed by atoms with Crippen LogP contribution in [0, 0.1) is 23.5 Å². The van der Waals surface area contributed by atoms with Gasteiger partial charge in [-0.25, -0.2) is 8.78 Å². The summed E-state index contributed by atoms with van der Waals surface area (Å²) in [6.45, 7) is 1.89. The molecule has 0 saturated carbocycles. The molecule has 0 amide bonds. The van der Waals surface area contributed by atoms with Crippen LogP contribution in [0.3, 0.4) is 0 Å². The highest BCUT2D eigenvalue weighted by Crippen LogP contribution is 2.14. The Morgan fingerprint density at radius 3 is 2.78 bits per heavy atom. The summed E-state index contributed by atoms with van der Waals surface area (Å²) in [5, 5.41) is 0. The second-order valence-electron chi connectivity index (χ2n) is 3.22. The fourth-order valence-electron chi connectivity index (χ4n) is 1.20. The lowest BCUT2D eigenvalue weighted by molar-refractivity contribution is -0.141. The molecule has 18 heavy (non-hydrogen) atoms. The fourth-order valence-corrected chi connectivity index (χ4v) is 1.20. The Morgan fingerprint density at radius 2 is 2.17 bits per heavy atom. The third-order valence-corrected chi connectivity index (χ3v) is 2.01. The quantitative estimate of drug-likeness (QED) is 0.470. The number of carbonyl (C=O) groups excluding carboxylic acids is 2. The Kier molecular flexibility index (Phi) is 5.00. The highest BCUT2D eigenvalue weighted by molar-refractivity contribution is 5.77. The van der Waals surface area contributed by atoms with Crippen molar-refractivity contribution in [3.63, 3.8) is 0 Å². The van der Waals surface area contributed by atoms with E-state index >= 15 is 0 Å². The van der Waals surface area contributed by atoms with Crippen LogP contribution in [0.15, 0.2) is 12.1 Å². The third-order valence-electron chi connectivity index (χ3n) is 2.01. The first-order chi connectivity index (χ1) is 8.60. The van der Waals surface area contributed by atoms with Crippen molar-refractivity contribution < 1.29 is 23.1 Å². The minimum Gasteiger partial charge on any atom is -0.465 e. The molecule has 0 atom stereocenters. The molecule has 94 valence electrons. The van der Waals surface area contributed by atoms with Crippen molar-refractivity contribution in [2.75, 3.05) is 6.61 Å². The van der Waals surface area contributed by atoms with E-state index in [9.17, 15) is 18.4 Å². The molecule has 1 aromatic carbocycles. The monoisotopic (exact) mass is 252 g/mol. The molecular weight excluding hydrogens is 242 g/mol. The van der Waals surface area contributed by atoms with E-state index in [0.717, 1.165) is 12.1 Å². The molecule has 0 spiro atoms. The Bertz CT molecular complexity index is 527. The van der Waals surface area contributed by atoms with E-state index in [4.69, 9.17) is 0 Å². The van der Waals surface area contributed by atoms with Crippen LogP contribution in [-0.2, 0) is 9.53 Å². The van der Waals surface area contributed by atoms with Crippen molar-refractivity contribution in [1.82, 2.24) is 0 Å². The van der Waals surface area contributed by atoms with Gasteiger partial charge in [0.2, 0.25) is 0 Å². The van der Waals surface area contributed by atoms with Crippen molar-refractivity contribution in [2.45, 2.75) is 13.3 Å². The molecule has 0 radical (unpaired) electrons. The lowest BCUT2D eigenvalue weighted by Gasteiger charge is -1.99. The number of rotatable bonds is 3. The second kappa shape index (κ2) is 6.50. The van der Waals surface area contributed by atoms with Gasteiger partial charge in [0.1, 0.15) is 12.2 Å². The van der Waals surface area contributed by atoms with Crippen molar-refractivity contribution in [3.8, 4) is 11.8 Å². The molecule has 0 heterocycles. The smallest absolute Gasteiger partial charge is 0.317 e. The van der Waals surface area contributed by atoms with Crippen LogP contribution in [0.1, 0.15) is 29.3 Å². The number of aldehydes is 1. The summed E-state index contributed by atoms with van der Waals surface area (Å²) in [6, 6.07) is 2.05. The van der Waals surface area contributed by atoms with E-state index in [1.165, 1.54) is 0 Å². The molecule has 0 unspecified atom stereocenters. The van der Waals surface area contributed by atoms with E-state index < -0.39 is 23.2 Å². The first-order valence-electron chi connectivity index (χ1n) is 5.17. The lowest BCUT2D eigenvalue weighted by Crippen LogP contribution is -2.02. The van der Waals surface area contributed by atoms with Crippen LogP contribution < -0.4 is 0 Å². The third kappa shape index (κ3) is 3.39. The molecule has 0 bridgehead atoms. The van der Waals surface area contributed by atoms with Gasteiger partial charge in [0.05, 0.1) is 17.7 Å². The predicted molar refractivity (Wildman–Crippen MR) is 59.9 cm³/mol. The van der Waals surface area contributed by atoms with Gasteiger partial charge in [-0.15, -0.1) is 0 Å². The lowest BCUT2D eigenvalue weighted by atomic mass is 10.1. The summed E-state index contributed by atoms with van der Waals surface area (Å²) in [6.07, 6.45) is -0.109. The molecular formula is C13H10F2O3. The summed E-state index contributed by atoms with van der Waals surface area (Å²) in [5.74, 6) is 2.25. The Hall–Kier alpha value is -2.22. The van der Waals surface area contributed by atoms with Crippen LogP contribution in [0.2, 0.25) is 0 Å². The molecule has 3 nitrogen and oxygen atoms in total. The highest BCUT2D eigenvalue weighted by atomic mass is 19.1. The van der Waals surface area contributed by atoms with Gasteiger partial charge in [-0.1, -0.05) is 11.8 Å². The number of ether oxygens (including phenoxy) is 1. The zero-order chi connectivity index (χ0) is 13.5. The van der Waals surface area contributed by atoms with Gasteiger partial charge in [-0.2, -0.15) is 0 Å². The van der Waals surface area contributed by atoms with Crippen LogP contribution in [0.25, 0.3) is 0 Å². The minimum absolute atomic E-state index is 0.0845. The van der Waals surface area contributed by atoms with Crippen LogP contribution in [0.4, 0.5) is 8.78 Å². The topological polar surface area (TPSA) is 43.4 Å². The number of esters is 1. The van der Waals surface area contributed by atoms with E-state index in [1.54, 1.807) is 6.92 Å². The summed E-state index contributed by atoms with van der Waals surface area (Å²) in [5.41, 5.74) is -0.805. The first kappa shape index (κ1) is 13.8. The van der Waals surface area contributed by atoms with Gasteiger partial charge in [0.15, 0.2) is 12.1 Å². The SMILES string of the molecule is CCOC(=O)CC#Cc1ccc(F)c(C=O)c1F. The standard InChI is InChI=1S/C13H10F2O3/c1-2-18-12(17)5-3-4-9-6-7-11(14)10(8-16)13(9)15/h6-8H,2,5H2,1H3. The molecule has 0 saturated heterocycles. The average Bonchev–Trinajstić information content (AvgIpc) is 2.33. The molecule has 0 N–H and O–H groups in total. The van der Waals surface area contributed by atoms with Crippen LogP contribution in [-0.4, -0.2) is 18.9 Å². The molecule has 1 aromatic rings. The Balaban J connectivity index is 2.89. The number of hydrogen-bond acceptors (Lipinski definition) is 3. The predicted octanol–water partition coefficient (Wildman–Crippen LogP) is 2.08. The van der Waals surface area contributed by atoms with Gasteiger partial charge >= 0.3 is 5.97 Å². The number of carbonyl (C=O) groups is 2. The van der Waals surface area contributed by atoms with Gasteiger partial charge in [0.25, 0.3) is 0 Å².